The van der Waals surface area contributed by atoms with Crippen LogP contribution >= 0.6 is 0 Å². The fraction of sp³-hybridized carbons (Fsp3) is 0.316. The van der Waals surface area contributed by atoms with Crippen LogP contribution in [0.4, 0.5) is 0 Å². The Labute approximate surface area is 155 Å². The summed E-state index contributed by atoms with van der Waals surface area (Å²) in [6.07, 6.45) is 1.96. The Morgan fingerprint density at radius 2 is 1.65 bits per heavy atom. The molecule has 2 aromatic rings. The average Bonchev–Trinajstić information content (AvgIpc) is 2.57. The summed E-state index contributed by atoms with van der Waals surface area (Å²) in [5.74, 6) is 1.60. The normalized spacial score (nSPS) is 13.2. The molecule has 2 aromatic carbocycles. The first-order chi connectivity index (χ1) is 10.7. The Morgan fingerprint density at radius 1 is 1.00 bits per heavy atom. The van der Waals surface area contributed by atoms with Gasteiger partial charge in [0.25, 0.3) is 0 Å². The molecule has 0 aliphatic carbocycles. The van der Waals surface area contributed by atoms with Crippen LogP contribution in [0.2, 0.25) is 0 Å². The Bertz CT molecular complexity index is 711. The van der Waals surface area contributed by atoms with Crippen molar-refractivity contribution >= 4 is 5.71 Å². The fourth-order valence-corrected chi connectivity index (χ4v) is 3.04. The maximum Gasteiger partial charge on any atom is 0.187 e. The van der Waals surface area contributed by atoms with E-state index >= 15 is 0 Å². The highest BCUT2D eigenvalue weighted by atomic mass is 127. The zero-order valence-corrected chi connectivity index (χ0v) is 16.0. The molecular weight excluding hydrogens is 401 g/mol. The molecule has 0 unspecified atom stereocenters. The maximum absolute atomic E-state index is 5.48. The third-order valence-corrected chi connectivity index (χ3v) is 4.31. The van der Waals surface area contributed by atoms with Gasteiger partial charge in [-0.2, -0.15) is 0 Å². The Kier molecular flexibility index (Phi) is 6.04. The van der Waals surface area contributed by atoms with Crippen molar-refractivity contribution in [3.05, 3.63) is 59.2 Å². The molecule has 0 aromatic heterocycles. The molecule has 0 saturated carbocycles. The first-order valence-corrected chi connectivity index (χ1v) is 7.59. The minimum absolute atomic E-state index is 0. The summed E-state index contributed by atoms with van der Waals surface area (Å²) >= 11 is 0. The molecule has 1 aliphatic rings. The van der Waals surface area contributed by atoms with Crippen molar-refractivity contribution in [1.29, 1.82) is 0 Å². The quantitative estimate of drug-likeness (QED) is 0.508. The standard InChI is InChI=1S/C19H22NO2.HI/c1-20-10-9-15-12-18(21-2)19(22-3)13-16(15)17(20)11-14-7-5-4-6-8-14;/h4-8,12-13H,9-11H2,1-3H3;1H/q+1;/p-1. The molecule has 1 aliphatic heterocycles. The molecule has 1 heterocycles. The van der Waals surface area contributed by atoms with Gasteiger partial charge < -0.3 is 33.5 Å². The van der Waals surface area contributed by atoms with Crippen LogP contribution < -0.4 is 33.5 Å². The summed E-state index contributed by atoms with van der Waals surface area (Å²) in [5, 5.41) is 0. The second-order valence-electron chi connectivity index (χ2n) is 5.64. The number of benzene rings is 2. The molecule has 3 rings (SSSR count). The van der Waals surface area contributed by atoms with Gasteiger partial charge in [0.2, 0.25) is 0 Å². The minimum atomic E-state index is 0. The number of likely N-dealkylation sites (N-methyl/N-ethyl adjacent to an activating group) is 1. The zero-order valence-electron chi connectivity index (χ0n) is 13.8. The van der Waals surface area contributed by atoms with E-state index in [-0.39, 0.29) is 24.0 Å². The molecule has 0 atom stereocenters. The Balaban J connectivity index is 0.00000192. The molecule has 0 saturated heterocycles. The lowest BCUT2D eigenvalue weighted by Gasteiger charge is -2.19. The van der Waals surface area contributed by atoms with Crippen LogP contribution in [-0.4, -0.2) is 38.1 Å². The number of rotatable bonds is 4. The minimum Gasteiger partial charge on any atom is -1.00 e. The van der Waals surface area contributed by atoms with Gasteiger partial charge in [-0.3, -0.25) is 0 Å². The first kappa shape index (κ1) is 17.8. The summed E-state index contributed by atoms with van der Waals surface area (Å²) in [7, 11) is 5.54. The largest absolute Gasteiger partial charge is 1.00 e. The van der Waals surface area contributed by atoms with Crippen molar-refractivity contribution in [2.24, 2.45) is 0 Å². The number of nitrogens with zero attached hydrogens (tertiary/aromatic N) is 1. The van der Waals surface area contributed by atoms with Crippen LogP contribution in [0.5, 0.6) is 11.5 Å². The predicted octanol–water partition coefficient (Wildman–Crippen LogP) is -0.0620. The van der Waals surface area contributed by atoms with E-state index in [0.717, 1.165) is 30.9 Å². The van der Waals surface area contributed by atoms with E-state index in [1.54, 1.807) is 14.2 Å². The molecule has 0 spiro atoms. The Hall–Kier alpha value is -1.56. The van der Waals surface area contributed by atoms with Crippen LogP contribution in [0.25, 0.3) is 0 Å². The molecule has 0 amide bonds. The van der Waals surface area contributed by atoms with E-state index in [4.69, 9.17) is 9.47 Å². The van der Waals surface area contributed by atoms with Gasteiger partial charge in [0.15, 0.2) is 17.2 Å². The topological polar surface area (TPSA) is 21.5 Å². The maximum atomic E-state index is 5.48. The van der Waals surface area contributed by atoms with Gasteiger partial charge in [0.1, 0.15) is 13.6 Å². The van der Waals surface area contributed by atoms with Gasteiger partial charge in [-0.05, 0) is 23.3 Å². The smallest absolute Gasteiger partial charge is 0.187 e. The van der Waals surface area contributed by atoms with Gasteiger partial charge in [-0.1, -0.05) is 30.3 Å². The van der Waals surface area contributed by atoms with Crippen LogP contribution in [-0.2, 0) is 12.8 Å². The van der Waals surface area contributed by atoms with Crippen molar-refractivity contribution in [2.45, 2.75) is 12.8 Å². The van der Waals surface area contributed by atoms with Crippen LogP contribution in [0.3, 0.4) is 0 Å². The molecular formula is C19H22INO2. The van der Waals surface area contributed by atoms with Crippen LogP contribution in [0.15, 0.2) is 42.5 Å². The number of halogens is 1. The Morgan fingerprint density at radius 3 is 2.30 bits per heavy atom. The molecule has 3 nitrogen and oxygen atoms in total. The molecule has 0 fully saturated rings. The van der Waals surface area contributed by atoms with Crippen molar-refractivity contribution in [2.75, 3.05) is 27.8 Å². The molecule has 0 radical (unpaired) electrons. The summed E-state index contributed by atoms with van der Waals surface area (Å²) in [5.41, 5.74) is 5.28. The third-order valence-electron chi connectivity index (χ3n) is 4.31. The molecule has 23 heavy (non-hydrogen) atoms. The van der Waals surface area contributed by atoms with Gasteiger partial charge in [0.05, 0.1) is 20.6 Å². The van der Waals surface area contributed by atoms with Crippen LogP contribution in [0, 0.1) is 0 Å². The fourth-order valence-electron chi connectivity index (χ4n) is 3.04. The van der Waals surface area contributed by atoms with E-state index in [2.05, 4.69) is 54.1 Å². The van der Waals surface area contributed by atoms with E-state index in [1.807, 2.05) is 0 Å². The van der Waals surface area contributed by atoms with E-state index in [1.165, 1.54) is 22.4 Å². The van der Waals surface area contributed by atoms with E-state index < -0.39 is 0 Å². The summed E-state index contributed by atoms with van der Waals surface area (Å²) in [6, 6.07) is 14.8. The lowest BCUT2D eigenvalue weighted by molar-refractivity contribution is -0.498. The van der Waals surface area contributed by atoms with E-state index in [9.17, 15) is 0 Å². The SMILES string of the molecule is COc1cc2c(cc1OC)C(Cc1ccccc1)=[N+](C)CC2.[I-]. The van der Waals surface area contributed by atoms with Gasteiger partial charge in [-0.25, -0.2) is 4.58 Å². The summed E-state index contributed by atoms with van der Waals surface area (Å²) < 4.78 is 13.3. The monoisotopic (exact) mass is 423 g/mol. The highest BCUT2D eigenvalue weighted by Gasteiger charge is 2.25. The zero-order chi connectivity index (χ0) is 15.5. The number of hydrogen-bond acceptors (Lipinski definition) is 2. The molecule has 0 N–H and O–H groups in total. The number of hydrogen-bond donors (Lipinski definition) is 0. The second kappa shape index (κ2) is 7.81. The molecule has 4 heteroatoms. The molecule has 0 bridgehead atoms. The average molecular weight is 423 g/mol. The van der Waals surface area contributed by atoms with Gasteiger partial charge >= 0.3 is 0 Å². The number of methoxy groups -OCH3 is 2. The highest BCUT2D eigenvalue weighted by molar-refractivity contribution is 6.00. The van der Waals surface area contributed by atoms with Crippen LogP contribution in [0.1, 0.15) is 16.7 Å². The number of ether oxygens (including phenoxy) is 2. The first-order valence-electron chi connectivity index (χ1n) is 7.59. The summed E-state index contributed by atoms with van der Waals surface area (Å²) in [4.78, 5) is 0. The predicted molar refractivity (Wildman–Crippen MR) is 88.6 cm³/mol. The lowest BCUT2D eigenvalue weighted by atomic mass is 9.92. The second-order valence-corrected chi connectivity index (χ2v) is 5.64. The third kappa shape index (κ3) is 3.68. The van der Waals surface area contributed by atoms with Crippen molar-refractivity contribution in [1.82, 2.24) is 0 Å². The lowest BCUT2D eigenvalue weighted by Crippen LogP contribution is -3.00. The van der Waals surface area contributed by atoms with Crippen molar-refractivity contribution < 1.29 is 38.0 Å². The van der Waals surface area contributed by atoms with E-state index in [0.29, 0.717) is 0 Å². The highest BCUT2D eigenvalue weighted by Crippen LogP contribution is 2.32. The van der Waals surface area contributed by atoms with Crippen molar-refractivity contribution in [3.63, 3.8) is 0 Å². The van der Waals surface area contributed by atoms with Crippen molar-refractivity contribution in [3.8, 4) is 11.5 Å². The number of fused-ring (bicyclic) bond motifs is 1. The summed E-state index contributed by atoms with van der Waals surface area (Å²) in [6.45, 7) is 1.03. The van der Waals surface area contributed by atoms with Gasteiger partial charge in [0, 0.05) is 12.0 Å². The molecule has 122 valence electrons. The van der Waals surface area contributed by atoms with Gasteiger partial charge in [-0.15, -0.1) is 0 Å².